The lowest BCUT2D eigenvalue weighted by molar-refractivity contribution is 0.710. The molecule has 0 unspecified atom stereocenters. The monoisotopic (exact) mass is 216 g/mol. The zero-order valence-electron chi connectivity index (χ0n) is 8.20. The van der Waals surface area contributed by atoms with Gasteiger partial charge in [-0.05, 0) is 5.56 Å². The molecule has 0 spiro atoms. The summed E-state index contributed by atoms with van der Waals surface area (Å²) in [6.07, 6.45) is 2.42. The van der Waals surface area contributed by atoms with Crippen LogP contribution in [0.5, 0.6) is 0 Å². The van der Waals surface area contributed by atoms with E-state index in [2.05, 4.69) is 15.3 Å². The predicted molar refractivity (Wildman–Crippen MR) is 58.6 cm³/mol. The molecule has 2 aromatic rings. The summed E-state index contributed by atoms with van der Waals surface area (Å²) in [5.41, 5.74) is -0.443. The molecule has 1 N–H and O–H groups in total. The summed E-state index contributed by atoms with van der Waals surface area (Å²) in [5, 5.41) is 9.25. The van der Waals surface area contributed by atoms with Gasteiger partial charge in [-0.25, -0.2) is 9.89 Å². The maximum Gasteiger partial charge on any atom is 0.365 e. The SMILES string of the molecule is O=c1cn[nH]c(=O)n1/N=C/c1ccccc1. The minimum atomic E-state index is -0.667. The number of aromatic nitrogens is 3. The number of rotatable bonds is 2. The summed E-state index contributed by atoms with van der Waals surface area (Å²) >= 11 is 0. The van der Waals surface area contributed by atoms with Gasteiger partial charge in [-0.1, -0.05) is 30.3 Å². The quantitative estimate of drug-likeness (QED) is 0.707. The molecule has 2 rings (SSSR count). The van der Waals surface area contributed by atoms with Crippen LogP contribution in [0.1, 0.15) is 5.56 Å². The van der Waals surface area contributed by atoms with Gasteiger partial charge in [0.2, 0.25) is 0 Å². The zero-order valence-corrected chi connectivity index (χ0v) is 8.20. The molecule has 16 heavy (non-hydrogen) atoms. The number of hydrogen-bond acceptors (Lipinski definition) is 4. The largest absolute Gasteiger partial charge is 0.365 e. The van der Waals surface area contributed by atoms with Crippen molar-refractivity contribution in [3.05, 3.63) is 62.9 Å². The van der Waals surface area contributed by atoms with Gasteiger partial charge in [0.1, 0.15) is 6.20 Å². The van der Waals surface area contributed by atoms with E-state index in [0.717, 1.165) is 11.8 Å². The maximum absolute atomic E-state index is 11.2. The fourth-order valence-electron chi connectivity index (χ4n) is 1.12. The molecule has 0 aliphatic carbocycles. The highest BCUT2D eigenvalue weighted by atomic mass is 16.2. The van der Waals surface area contributed by atoms with E-state index in [9.17, 15) is 9.59 Å². The number of aromatic amines is 1. The van der Waals surface area contributed by atoms with Crippen LogP contribution in [0.4, 0.5) is 0 Å². The summed E-state index contributed by atoms with van der Waals surface area (Å²) in [6.45, 7) is 0. The number of nitrogens with zero attached hydrogens (tertiary/aromatic N) is 3. The van der Waals surface area contributed by atoms with E-state index in [4.69, 9.17) is 0 Å². The van der Waals surface area contributed by atoms with Crippen molar-refractivity contribution in [3.8, 4) is 0 Å². The van der Waals surface area contributed by atoms with Crippen LogP contribution in [-0.2, 0) is 0 Å². The zero-order chi connectivity index (χ0) is 11.4. The van der Waals surface area contributed by atoms with Crippen molar-refractivity contribution < 1.29 is 0 Å². The number of benzene rings is 1. The lowest BCUT2D eigenvalue weighted by Crippen LogP contribution is -2.32. The molecule has 0 saturated carbocycles. The average molecular weight is 216 g/mol. The molecule has 0 aliphatic heterocycles. The van der Waals surface area contributed by atoms with Gasteiger partial charge >= 0.3 is 5.69 Å². The Bertz CT molecular complexity index is 584. The molecule has 0 aliphatic rings. The first-order valence-corrected chi connectivity index (χ1v) is 4.53. The molecule has 80 valence electrons. The van der Waals surface area contributed by atoms with Gasteiger partial charge in [0.05, 0.1) is 6.21 Å². The van der Waals surface area contributed by atoms with Crippen LogP contribution >= 0.6 is 0 Å². The second-order valence-electron chi connectivity index (χ2n) is 2.98. The lowest BCUT2D eigenvalue weighted by atomic mass is 10.2. The minimum Gasteiger partial charge on any atom is -0.265 e. The first-order valence-electron chi connectivity index (χ1n) is 4.53. The van der Waals surface area contributed by atoms with Crippen molar-refractivity contribution in [2.24, 2.45) is 5.10 Å². The van der Waals surface area contributed by atoms with Gasteiger partial charge in [-0.2, -0.15) is 10.2 Å². The topological polar surface area (TPSA) is 80.1 Å². The molecule has 0 atom stereocenters. The third-order valence-electron chi connectivity index (χ3n) is 1.86. The van der Waals surface area contributed by atoms with E-state index >= 15 is 0 Å². The smallest absolute Gasteiger partial charge is 0.265 e. The summed E-state index contributed by atoms with van der Waals surface area (Å²) in [6, 6.07) is 9.15. The Labute approximate surface area is 89.9 Å². The van der Waals surface area contributed by atoms with Crippen LogP contribution in [0, 0.1) is 0 Å². The second-order valence-corrected chi connectivity index (χ2v) is 2.98. The Balaban J connectivity index is 2.39. The lowest BCUT2D eigenvalue weighted by Gasteiger charge is -1.94. The molecule has 0 amide bonds. The number of hydrogen-bond donors (Lipinski definition) is 1. The number of nitrogens with one attached hydrogen (secondary N) is 1. The molecule has 1 heterocycles. The standard InChI is InChI=1S/C10H8N4O2/c15-9-7-11-13-10(16)14(9)12-6-8-4-2-1-3-5-8/h1-7H,(H,13,16)/b12-6+. The van der Waals surface area contributed by atoms with Crippen molar-refractivity contribution in [1.29, 1.82) is 0 Å². The molecule has 0 bridgehead atoms. The molecule has 6 nitrogen and oxygen atoms in total. The molecular formula is C10H8N4O2. The maximum atomic E-state index is 11.2. The van der Waals surface area contributed by atoms with Crippen molar-refractivity contribution >= 4 is 6.21 Å². The van der Waals surface area contributed by atoms with Crippen LogP contribution in [0.15, 0.2) is 51.2 Å². The number of H-pyrrole nitrogens is 1. The molecular weight excluding hydrogens is 208 g/mol. The minimum absolute atomic E-state index is 0.573. The summed E-state index contributed by atoms with van der Waals surface area (Å²) in [5.74, 6) is 0. The Morgan fingerprint density at radius 1 is 1.25 bits per heavy atom. The first-order chi connectivity index (χ1) is 7.77. The van der Waals surface area contributed by atoms with Gasteiger partial charge in [-0.3, -0.25) is 4.79 Å². The Hall–Kier alpha value is -2.50. The highest BCUT2D eigenvalue weighted by Gasteiger charge is 1.96. The van der Waals surface area contributed by atoms with Crippen molar-refractivity contribution in [1.82, 2.24) is 14.9 Å². The fourth-order valence-corrected chi connectivity index (χ4v) is 1.12. The third kappa shape index (κ3) is 2.11. The van der Waals surface area contributed by atoms with E-state index in [-0.39, 0.29) is 0 Å². The van der Waals surface area contributed by atoms with Crippen molar-refractivity contribution in [2.45, 2.75) is 0 Å². The van der Waals surface area contributed by atoms with Crippen molar-refractivity contribution in [2.75, 3.05) is 0 Å². The van der Waals surface area contributed by atoms with Crippen LogP contribution in [-0.4, -0.2) is 21.1 Å². The van der Waals surface area contributed by atoms with E-state index in [1.54, 1.807) is 0 Å². The highest BCUT2D eigenvalue weighted by Crippen LogP contribution is 1.93. The van der Waals surface area contributed by atoms with Gasteiger partial charge in [0.15, 0.2) is 0 Å². The Morgan fingerprint density at radius 2 is 2.00 bits per heavy atom. The van der Waals surface area contributed by atoms with E-state index in [0.29, 0.717) is 4.68 Å². The van der Waals surface area contributed by atoms with Crippen LogP contribution in [0.3, 0.4) is 0 Å². The summed E-state index contributed by atoms with van der Waals surface area (Å²) < 4.78 is 0.708. The van der Waals surface area contributed by atoms with Crippen LogP contribution in [0.2, 0.25) is 0 Å². The molecule has 6 heteroatoms. The highest BCUT2D eigenvalue weighted by molar-refractivity contribution is 5.79. The summed E-state index contributed by atoms with van der Waals surface area (Å²) in [4.78, 5) is 22.4. The predicted octanol–water partition coefficient (Wildman–Crippen LogP) is -0.186. The molecule has 0 fully saturated rings. The normalized spacial score (nSPS) is 10.8. The summed E-state index contributed by atoms with van der Waals surface area (Å²) in [7, 11) is 0. The van der Waals surface area contributed by atoms with E-state index in [1.807, 2.05) is 30.3 Å². The molecule has 1 aromatic heterocycles. The first kappa shape index (κ1) is 10.0. The Kier molecular flexibility index (Phi) is 2.73. The fraction of sp³-hybridized carbons (Fsp3) is 0. The van der Waals surface area contributed by atoms with Crippen molar-refractivity contribution in [3.63, 3.8) is 0 Å². The third-order valence-corrected chi connectivity index (χ3v) is 1.86. The molecule has 0 saturated heterocycles. The second kappa shape index (κ2) is 4.35. The molecule has 1 aromatic carbocycles. The van der Waals surface area contributed by atoms with Crippen LogP contribution < -0.4 is 11.2 Å². The Morgan fingerprint density at radius 3 is 2.69 bits per heavy atom. The average Bonchev–Trinajstić information content (AvgIpc) is 2.30. The van der Waals surface area contributed by atoms with Gasteiger partial charge < -0.3 is 0 Å². The van der Waals surface area contributed by atoms with E-state index < -0.39 is 11.2 Å². The molecule has 0 radical (unpaired) electrons. The van der Waals surface area contributed by atoms with Gasteiger partial charge in [0, 0.05) is 0 Å². The van der Waals surface area contributed by atoms with E-state index in [1.165, 1.54) is 6.21 Å². The van der Waals surface area contributed by atoms with Crippen LogP contribution in [0.25, 0.3) is 0 Å². The van der Waals surface area contributed by atoms with Gasteiger partial charge in [-0.15, -0.1) is 4.68 Å². The van der Waals surface area contributed by atoms with Gasteiger partial charge in [0.25, 0.3) is 5.56 Å².